The van der Waals surface area contributed by atoms with Crippen molar-refractivity contribution in [2.24, 2.45) is 5.92 Å². The third-order valence-electron chi connectivity index (χ3n) is 3.54. The first kappa shape index (κ1) is 9.04. The van der Waals surface area contributed by atoms with Crippen LogP contribution in [0.25, 0.3) is 0 Å². The summed E-state index contributed by atoms with van der Waals surface area (Å²) < 4.78 is 0. The van der Waals surface area contributed by atoms with Gasteiger partial charge in [0.2, 0.25) is 5.91 Å². The normalized spacial score (nSPS) is 35.5. The molecule has 0 N–H and O–H groups in total. The number of hydrogen-bond donors (Lipinski definition) is 0. The Hall–Kier alpha value is -0.530. The lowest BCUT2D eigenvalue weighted by Gasteiger charge is -2.29. The van der Waals surface area contributed by atoms with Crippen molar-refractivity contribution >= 4 is 5.91 Å². The predicted octanol–water partition coefficient (Wildman–Crippen LogP) is 2.19. The van der Waals surface area contributed by atoms with Crippen molar-refractivity contribution in [3.8, 4) is 0 Å². The number of fused-ring (bicyclic) bond motifs is 1. The number of rotatable bonds is 0. The van der Waals surface area contributed by atoms with Gasteiger partial charge in [0.25, 0.3) is 0 Å². The summed E-state index contributed by atoms with van der Waals surface area (Å²) in [5.41, 5.74) is 0. The predicted molar refractivity (Wildman–Crippen MR) is 52.4 cm³/mol. The fraction of sp³-hybridized carbons (Fsp3) is 0.909. The van der Waals surface area contributed by atoms with Gasteiger partial charge in [-0.3, -0.25) is 4.79 Å². The summed E-state index contributed by atoms with van der Waals surface area (Å²) in [4.78, 5) is 13.9. The first-order chi connectivity index (χ1) is 6.27. The number of carbonyl (C=O) groups excluding carboxylic acids is 1. The van der Waals surface area contributed by atoms with Crippen LogP contribution in [0.4, 0.5) is 0 Å². The summed E-state index contributed by atoms with van der Waals surface area (Å²) in [6.07, 6.45) is 6.92. The molecule has 2 heteroatoms. The summed E-state index contributed by atoms with van der Waals surface area (Å²) in [7, 11) is 0. The van der Waals surface area contributed by atoms with Crippen LogP contribution in [-0.4, -0.2) is 23.4 Å². The molecule has 0 saturated carbocycles. The van der Waals surface area contributed by atoms with Gasteiger partial charge in [-0.25, -0.2) is 0 Å². The molecule has 2 fully saturated rings. The van der Waals surface area contributed by atoms with Crippen LogP contribution in [0.3, 0.4) is 0 Å². The fourth-order valence-electron chi connectivity index (χ4n) is 2.60. The summed E-state index contributed by atoms with van der Waals surface area (Å²) in [5, 5.41) is 0. The lowest BCUT2D eigenvalue weighted by Crippen LogP contribution is -2.37. The Morgan fingerprint density at radius 1 is 1.23 bits per heavy atom. The SMILES string of the molecule is C[C@@H]1CCC(=O)N2CCCC2CC1. The minimum absolute atomic E-state index is 0.411. The Bertz CT molecular complexity index is 202. The number of hydrogen-bond acceptors (Lipinski definition) is 1. The van der Waals surface area contributed by atoms with Crippen LogP contribution in [0.1, 0.15) is 45.4 Å². The average molecular weight is 181 g/mol. The highest BCUT2D eigenvalue weighted by atomic mass is 16.2. The molecule has 1 amide bonds. The van der Waals surface area contributed by atoms with Gasteiger partial charge in [-0.15, -0.1) is 0 Å². The van der Waals surface area contributed by atoms with Gasteiger partial charge < -0.3 is 4.90 Å². The van der Waals surface area contributed by atoms with E-state index in [0.717, 1.165) is 25.3 Å². The van der Waals surface area contributed by atoms with Crippen molar-refractivity contribution in [3.63, 3.8) is 0 Å². The smallest absolute Gasteiger partial charge is 0.222 e. The minimum atomic E-state index is 0.411. The third kappa shape index (κ3) is 1.87. The van der Waals surface area contributed by atoms with Gasteiger partial charge in [0.05, 0.1) is 0 Å². The van der Waals surface area contributed by atoms with E-state index in [1.807, 2.05) is 0 Å². The Labute approximate surface area is 80.3 Å². The van der Waals surface area contributed by atoms with Gasteiger partial charge in [0.15, 0.2) is 0 Å². The van der Waals surface area contributed by atoms with E-state index in [1.165, 1.54) is 25.7 Å². The van der Waals surface area contributed by atoms with Gasteiger partial charge in [0.1, 0.15) is 0 Å². The van der Waals surface area contributed by atoms with E-state index in [0.29, 0.717) is 11.9 Å². The molecule has 2 saturated heterocycles. The molecule has 0 aliphatic carbocycles. The highest BCUT2D eigenvalue weighted by molar-refractivity contribution is 5.76. The van der Waals surface area contributed by atoms with Crippen LogP contribution in [0.15, 0.2) is 0 Å². The van der Waals surface area contributed by atoms with Gasteiger partial charge >= 0.3 is 0 Å². The molecule has 0 aromatic rings. The second-order valence-corrected chi connectivity index (χ2v) is 4.60. The maximum Gasteiger partial charge on any atom is 0.222 e. The van der Waals surface area contributed by atoms with E-state index in [-0.39, 0.29) is 0 Å². The highest BCUT2D eigenvalue weighted by Crippen LogP contribution is 2.28. The molecule has 2 heterocycles. The van der Waals surface area contributed by atoms with E-state index in [1.54, 1.807) is 0 Å². The van der Waals surface area contributed by atoms with Crippen LogP contribution < -0.4 is 0 Å². The zero-order valence-electron chi connectivity index (χ0n) is 8.46. The summed E-state index contributed by atoms with van der Waals surface area (Å²) >= 11 is 0. The van der Waals surface area contributed by atoms with Crippen LogP contribution in [0.2, 0.25) is 0 Å². The van der Waals surface area contributed by atoms with E-state index in [4.69, 9.17) is 0 Å². The van der Waals surface area contributed by atoms with Crippen molar-refractivity contribution in [3.05, 3.63) is 0 Å². The zero-order valence-corrected chi connectivity index (χ0v) is 8.46. The van der Waals surface area contributed by atoms with E-state index < -0.39 is 0 Å². The monoisotopic (exact) mass is 181 g/mol. The quantitative estimate of drug-likeness (QED) is 0.561. The number of amides is 1. The van der Waals surface area contributed by atoms with Crippen molar-refractivity contribution in [1.29, 1.82) is 0 Å². The Balaban J connectivity index is 2.03. The van der Waals surface area contributed by atoms with Crippen molar-refractivity contribution in [2.45, 2.75) is 51.5 Å². The Morgan fingerprint density at radius 2 is 2.08 bits per heavy atom. The van der Waals surface area contributed by atoms with Crippen molar-refractivity contribution < 1.29 is 4.79 Å². The van der Waals surface area contributed by atoms with Gasteiger partial charge in [-0.2, -0.15) is 0 Å². The molecule has 0 bridgehead atoms. The fourth-order valence-corrected chi connectivity index (χ4v) is 2.60. The standard InChI is InChI=1S/C11H19NO/c1-9-4-6-10-3-2-8-12(10)11(13)7-5-9/h9-10H,2-8H2,1H3/t9-,10?/m0/s1. The summed E-state index contributed by atoms with van der Waals surface area (Å²) in [5.74, 6) is 1.17. The Morgan fingerprint density at radius 3 is 2.92 bits per heavy atom. The molecule has 2 nitrogen and oxygen atoms in total. The lowest BCUT2D eigenvalue weighted by atomic mass is 9.93. The maximum absolute atomic E-state index is 11.7. The minimum Gasteiger partial charge on any atom is -0.340 e. The first-order valence-electron chi connectivity index (χ1n) is 5.57. The molecule has 74 valence electrons. The molecule has 0 radical (unpaired) electrons. The molecule has 0 aromatic heterocycles. The van der Waals surface area contributed by atoms with E-state index in [2.05, 4.69) is 11.8 Å². The molecular formula is C11H19NO. The number of nitrogens with zero attached hydrogens (tertiary/aromatic N) is 1. The molecule has 13 heavy (non-hydrogen) atoms. The lowest BCUT2D eigenvalue weighted by molar-refractivity contribution is -0.133. The molecule has 1 unspecified atom stereocenters. The number of carbonyl (C=O) groups is 1. The Kier molecular flexibility index (Phi) is 2.56. The molecule has 2 aliphatic heterocycles. The molecular weight excluding hydrogens is 162 g/mol. The zero-order chi connectivity index (χ0) is 9.26. The molecule has 2 atom stereocenters. The molecule has 2 aliphatic rings. The second kappa shape index (κ2) is 3.69. The maximum atomic E-state index is 11.7. The van der Waals surface area contributed by atoms with E-state index >= 15 is 0 Å². The van der Waals surface area contributed by atoms with Crippen molar-refractivity contribution in [1.82, 2.24) is 4.90 Å². The van der Waals surface area contributed by atoms with Crippen LogP contribution in [0, 0.1) is 5.92 Å². The molecule has 0 aromatic carbocycles. The van der Waals surface area contributed by atoms with Crippen molar-refractivity contribution in [2.75, 3.05) is 6.54 Å². The van der Waals surface area contributed by atoms with Gasteiger partial charge in [-0.05, 0) is 38.0 Å². The first-order valence-corrected chi connectivity index (χ1v) is 5.57. The summed E-state index contributed by atoms with van der Waals surface area (Å²) in [6.45, 7) is 3.30. The molecule has 0 spiro atoms. The van der Waals surface area contributed by atoms with Crippen LogP contribution >= 0.6 is 0 Å². The largest absolute Gasteiger partial charge is 0.340 e. The topological polar surface area (TPSA) is 20.3 Å². The third-order valence-corrected chi connectivity index (χ3v) is 3.54. The summed E-state index contributed by atoms with van der Waals surface area (Å²) in [6, 6.07) is 0.593. The second-order valence-electron chi connectivity index (χ2n) is 4.60. The van der Waals surface area contributed by atoms with Gasteiger partial charge in [-0.1, -0.05) is 6.92 Å². The van der Waals surface area contributed by atoms with Gasteiger partial charge in [0, 0.05) is 19.0 Å². The van der Waals surface area contributed by atoms with Crippen LogP contribution in [-0.2, 0) is 4.79 Å². The van der Waals surface area contributed by atoms with E-state index in [9.17, 15) is 4.79 Å². The molecule has 2 rings (SSSR count). The van der Waals surface area contributed by atoms with Crippen LogP contribution in [0.5, 0.6) is 0 Å². The average Bonchev–Trinajstić information content (AvgIpc) is 2.56. The highest BCUT2D eigenvalue weighted by Gasteiger charge is 2.30.